The maximum absolute atomic E-state index is 15.5. The Kier molecular flexibility index (Phi) is 48.1. The van der Waals surface area contributed by atoms with Crippen molar-refractivity contribution in [3.05, 3.63) is 47.2 Å². The van der Waals surface area contributed by atoms with Crippen molar-refractivity contribution < 1.29 is 129 Å². The van der Waals surface area contributed by atoms with Gasteiger partial charge in [-0.15, -0.1) is 0 Å². The molecule has 1 fully saturated rings. The van der Waals surface area contributed by atoms with E-state index in [1.807, 2.05) is 0 Å². The second-order valence-corrected chi connectivity index (χ2v) is 36.9. The zero-order valence-electron chi connectivity index (χ0n) is 84.7. The number of likely N-dealkylation sites (N-methyl/N-ethyl adjacent to an activating group) is 6. The van der Waals surface area contributed by atoms with Crippen LogP contribution in [0.5, 0.6) is 0 Å². The van der Waals surface area contributed by atoms with Gasteiger partial charge >= 0.3 is 18.1 Å². The van der Waals surface area contributed by atoms with Gasteiger partial charge in [-0.3, -0.25) is 111 Å². The first-order chi connectivity index (χ1) is 66.0. The van der Waals surface area contributed by atoms with Gasteiger partial charge in [-0.2, -0.15) is 0 Å². The van der Waals surface area contributed by atoms with Gasteiger partial charge < -0.3 is 131 Å². The van der Waals surface area contributed by atoms with E-state index in [9.17, 15) is 91.1 Å². The molecule has 20 atom stereocenters. The highest BCUT2D eigenvalue weighted by molar-refractivity contribution is 6.06. The summed E-state index contributed by atoms with van der Waals surface area (Å²) in [6.07, 6.45) is -8.57. The van der Waals surface area contributed by atoms with Crippen molar-refractivity contribution in [2.75, 3.05) is 55.9 Å². The molecule has 790 valence electrons. The number of carbonyl (C=O) groups is 25. The lowest BCUT2D eigenvalue weighted by Crippen LogP contribution is -2.63. The van der Waals surface area contributed by atoms with Gasteiger partial charge in [0.25, 0.3) is 0 Å². The number of nitrogens with one attached hydrogen (secondary N) is 13. The van der Waals surface area contributed by atoms with Crippen molar-refractivity contribution in [3.63, 3.8) is 0 Å². The Labute approximate surface area is 823 Å². The normalized spacial score (nSPS) is 22.4. The number of benzene rings is 1. The second-order valence-electron chi connectivity index (χ2n) is 36.9. The number of ether oxygens (including phenoxy) is 2. The van der Waals surface area contributed by atoms with Crippen LogP contribution >= 0.6 is 0 Å². The topological polar surface area (TPSA) is 751 Å². The van der Waals surface area contributed by atoms with Crippen molar-refractivity contribution in [3.8, 4) is 0 Å². The number of nitrogens with two attached hydrogens (primary N) is 5. The van der Waals surface area contributed by atoms with Gasteiger partial charge in [-0.1, -0.05) is 133 Å². The van der Waals surface area contributed by atoms with E-state index in [4.69, 9.17) is 38.1 Å². The number of carbonyl (C=O) groups excluding carboxylic acids is 25. The van der Waals surface area contributed by atoms with Crippen molar-refractivity contribution in [1.82, 2.24) is 98.5 Å². The molecule has 51 heteroatoms. The highest BCUT2D eigenvalue weighted by Gasteiger charge is 2.48. The van der Waals surface area contributed by atoms with Crippen LogP contribution in [-0.4, -0.2) is 336 Å². The zero-order valence-corrected chi connectivity index (χ0v) is 84.7. The molecule has 2 aliphatic heterocycles. The molecular weight excluding hydrogens is 1860 g/mol. The van der Waals surface area contributed by atoms with Crippen LogP contribution in [0, 0.1) is 35.5 Å². The fourth-order valence-electron chi connectivity index (χ4n) is 15.9. The number of cyclic esters (lactones) is 1. The van der Waals surface area contributed by atoms with Gasteiger partial charge in [-0.05, 0) is 75.2 Å². The number of amides is 25. The number of rotatable bonds is 37. The van der Waals surface area contributed by atoms with E-state index in [1.165, 1.54) is 42.2 Å². The molecular formula is C91H144N24O27. The first-order valence-electron chi connectivity index (χ1n) is 46.5. The molecule has 0 aromatic heterocycles. The van der Waals surface area contributed by atoms with E-state index in [-0.39, 0.29) is 43.4 Å². The molecule has 1 unspecified atom stereocenters. The fourth-order valence-corrected chi connectivity index (χ4v) is 15.9. The highest BCUT2D eigenvalue weighted by atomic mass is 16.5. The van der Waals surface area contributed by atoms with Crippen LogP contribution in [0.15, 0.2) is 41.6 Å². The number of urea groups is 1. The number of nitrogens with zero attached hydrogens (tertiary/aromatic N) is 6. The Morgan fingerprint density at radius 3 is 1.47 bits per heavy atom. The summed E-state index contributed by atoms with van der Waals surface area (Å²) in [4.78, 5) is 359. The van der Waals surface area contributed by atoms with Crippen molar-refractivity contribution >= 4 is 148 Å². The SMILES string of the molecule is CC[C@@H](C)C(C(=O)N(C)[C@H](C(=O)N(C)[C@@H](CC(C)C)C(=O)N[C@@H](CC(N)=O)C(=O)N[C@@H]1C(=O)N[C@@H](CC(N)=O)C(=O)N(C)CC(=O)N[C@@H](CC(N)=O)C(=O)N[C@@H](C)C(=O)N[C@H]([C@H](C)CC)C(=O)N[C@H]2CC(=O)N/C2=C(/C)C(=O)N[C@@H](CC(=O)NC(N)=O)C(=O)N[C@H](C)C(=O)N[C@H]([C@@H](C)CC)C(=O)O[C@@H]1C)C(C)C)N(C)C(=O)[C@H](CC(N)=O)N(C)C(=O)[C@H](C(C)C)N(C)C(=O)[C@@H](Cc1ccccc1)NC(=O)OC. The molecule has 1 aromatic rings. The van der Waals surface area contributed by atoms with Gasteiger partial charge in [0.05, 0.1) is 58.2 Å². The van der Waals surface area contributed by atoms with Crippen LogP contribution in [0.4, 0.5) is 9.59 Å². The molecule has 0 bridgehead atoms. The Morgan fingerprint density at radius 2 is 0.986 bits per heavy atom. The van der Waals surface area contributed by atoms with E-state index < -0.39 is 331 Å². The number of hydrogen-bond donors (Lipinski definition) is 18. The Balaban J connectivity index is 2.31. The monoisotopic (exact) mass is 2010 g/mol. The molecule has 2 heterocycles. The van der Waals surface area contributed by atoms with Gasteiger partial charge in [0.1, 0.15) is 96.7 Å². The Bertz CT molecular complexity index is 4860. The number of alkyl carbamates (subject to hydrolysis) is 1. The minimum atomic E-state index is -2.40. The van der Waals surface area contributed by atoms with E-state index in [2.05, 4.69) is 63.8 Å². The highest BCUT2D eigenvalue weighted by Crippen LogP contribution is 2.28. The molecule has 23 N–H and O–H groups in total. The molecule has 1 aromatic carbocycles. The maximum atomic E-state index is 15.5. The third-order valence-electron chi connectivity index (χ3n) is 24.5. The second kappa shape index (κ2) is 56.1. The molecule has 0 radical (unpaired) electrons. The van der Waals surface area contributed by atoms with Crippen LogP contribution in [0.1, 0.15) is 181 Å². The summed E-state index contributed by atoms with van der Waals surface area (Å²) < 4.78 is 10.7. The lowest BCUT2D eigenvalue weighted by atomic mass is 9.92. The molecule has 25 amide bonds. The van der Waals surface area contributed by atoms with Crippen molar-refractivity contribution in [1.29, 1.82) is 0 Å². The van der Waals surface area contributed by atoms with Gasteiger partial charge in [0, 0.05) is 60.0 Å². The largest absolute Gasteiger partial charge is 0.458 e. The summed E-state index contributed by atoms with van der Waals surface area (Å²) in [6.45, 7) is 22.3. The number of fused-ring (bicyclic) bond motifs is 1. The third kappa shape index (κ3) is 35.7. The van der Waals surface area contributed by atoms with Crippen LogP contribution in [0.2, 0.25) is 0 Å². The number of hydrogen-bond acceptors (Lipinski definition) is 27. The third-order valence-corrected chi connectivity index (χ3v) is 24.5. The molecule has 3 rings (SSSR count). The number of esters is 1. The van der Waals surface area contributed by atoms with Crippen LogP contribution in [0.3, 0.4) is 0 Å². The van der Waals surface area contributed by atoms with Crippen LogP contribution < -0.4 is 97.8 Å². The molecule has 1 saturated heterocycles. The van der Waals surface area contributed by atoms with Gasteiger partial charge in [0.2, 0.25) is 130 Å². The molecule has 51 nitrogen and oxygen atoms in total. The van der Waals surface area contributed by atoms with E-state index in [0.717, 1.165) is 66.4 Å². The fraction of sp³-hybridized carbons (Fsp3) is 0.637. The lowest BCUT2D eigenvalue weighted by molar-refractivity contribution is -0.158. The number of methoxy groups -OCH3 is 1. The van der Waals surface area contributed by atoms with E-state index in [0.29, 0.717) is 10.5 Å². The van der Waals surface area contributed by atoms with Gasteiger partial charge in [0.15, 0.2) is 0 Å². The average Bonchev–Trinajstić information content (AvgIpc) is 1.12. The molecule has 142 heavy (non-hydrogen) atoms. The summed E-state index contributed by atoms with van der Waals surface area (Å²) in [5.74, 6) is -31.0. The van der Waals surface area contributed by atoms with Crippen LogP contribution in [-0.2, 0) is 126 Å². The summed E-state index contributed by atoms with van der Waals surface area (Å²) in [6, 6.07) is -20.7. The quantitative estimate of drug-likeness (QED) is 0.0276. The molecule has 0 aliphatic carbocycles. The smallest absolute Gasteiger partial charge is 0.407 e. The Morgan fingerprint density at radius 1 is 0.500 bits per heavy atom. The Hall–Kier alpha value is -14.5. The maximum Gasteiger partial charge on any atom is 0.407 e. The van der Waals surface area contributed by atoms with Crippen molar-refractivity contribution in [2.24, 2.45) is 64.2 Å². The van der Waals surface area contributed by atoms with Crippen molar-refractivity contribution in [2.45, 2.75) is 284 Å². The summed E-state index contributed by atoms with van der Waals surface area (Å²) >= 11 is 0. The summed E-state index contributed by atoms with van der Waals surface area (Å²) in [5, 5.41) is 30.2. The number of primary amides is 5. The first kappa shape index (κ1) is 122. The zero-order chi connectivity index (χ0) is 109. The molecule has 0 saturated carbocycles. The minimum absolute atomic E-state index is 0.0171. The van der Waals surface area contributed by atoms with Crippen LogP contribution in [0.25, 0.3) is 0 Å². The predicted molar refractivity (Wildman–Crippen MR) is 507 cm³/mol. The minimum Gasteiger partial charge on any atom is -0.458 e. The van der Waals surface area contributed by atoms with E-state index in [1.54, 1.807) is 112 Å². The van der Waals surface area contributed by atoms with E-state index >= 15 is 28.8 Å². The average molecular weight is 2010 g/mol. The standard InChI is InChI=1S/C91H144N24O27/c1-24-44(10)67-81(130)100-52-37-64(120)105-69(52)47(13)74(123)101-55(38-65(121)106-90(96)139)78(127)98-49(15)76(125)108-68(45(11)25-2)89(138)142-50(16)70(82(131)103-57(36-62(94)118)83(132)110(17)40-66(122)99-53(34-60(92)116)77(126)97-48(14)75(124)107-67)109-79(128)54(35-61(93)117)102-80(129)58(32-41(4)5)111(18)86(135)72(43(8)9)114(21)88(137)73(46(12)26-3)115(22)85(134)59(39-63(95)119)112(19)87(136)71(42(6)7)113(20)84(133)56(104-91(140)141-23)33-51-30-28-27-29-31-51/h27-31,41-46,48-50,52-59,67-68,70-73H,24-26,32-40H2,1-23H3,(H2,92,116)(H2,93,117)(H2,94,118)(H2,95,119)(H,97,126)(H,98,127)(H,99,122)(H,100,130)(H,101,123)(H,102,129)(H,103,131)(H,104,140)(H,105,120)(H,107,124)(H,108,125)(H,109,128)(H3,96,106,121,139)/b69-47-/t44-,45+,46-,48+,49-,50-,52+,53+,54+,55+,56-,57+,58+,59+,67-,68-,70+,71+,72+,73?/m1/s1. The number of imide groups is 1. The lowest BCUT2D eigenvalue weighted by Gasteiger charge is -2.42. The first-order valence-corrected chi connectivity index (χ1v) is 46.5. The molecule has 0 spiro atoms. The summed E-state index contributed by atoms with van der Waals surface area (Å²) in [7, 11) is 8.25. The van der Waals surface area contributed by atoms with Gasteiger partial charge in [-0.25, -0.2) is 14.4 Å². The molecule has 2 aliphatic rings. The summed E-state index contributed by atoms with van der Waals surface area (Å²) in [5.41, 5.74) is 27.9. The predicted octanol–water partition coefficient (Wildman–Crippen LogP) is -6.24.